The summed E-state index contributed by atoms with van der Waals surface area (Å²) >= 11 is 0. The van der Waals surface area contributed by atoms with Crippen molar-refractivity contribution in [1.29, 1.82) is 0 Å². The maximum absolute atomic E-state index is 13.6. The number of aromatic hydroxyl groups is 1. The number of carbonyl (C=O) groups is 1. The molecule has 1 heterocycles. The van der Waals surface area contributed by atoms with Gasteiger partial charge in [-0.3, -0.25) is 0 Å². The van der Waals surface area contributed by atoms with Crippen LogP contribution in [0.15, 0.2) is 12.1 Å². The van der Waals surface area contributed by atoms with Gasteiger partial charge in [-0.05, 0) is 56.0 Å². The highest BCUT2D eigenvalue weighted by Crippen LogP contribution is 2.26. The highest BCUT2D eigenvalue weighted by molar-refractivity contribution is 5.92. The summed E-state index contributed by atoms with van der Waals surface area (Å²) < 4.78 is 18.2. The van der Waals surface area contributed by atoms with Gasteiger partial charge in [-0.15, -0.1) is 0 Å². The van der Waals surface area contributed by atoms with Crippen molar-refractivity contribution < 1.29 is 19.0 Å². The molecule has 0 aliphatic carbocycles. The van der Waals surface area contributed by atoms with Gasteiger partial charge in [0, 0.05) is 0 Å². The Hall–Kier alpha value is -1.62. The van der Waals surface area contributed by atoms with Gasteiger partial charge >= 0.3 is 5.97 Å². The Labute approximate surface area is 111 Å². The molecule has 0 bridgehead atoms. The van der Waals surface area contributed by atoms with Crippen molar-refractivity contribution in [3.63, 3.8) is 0 Å². The molecule has 104 valence electrons. The van der Waals surface area contributed by atoms with Crippen molar-refractivity contribution in [3.8, 4) is 5.75 Å². The monoisotopic (exact) mass is 267 g/mol. The average Bonchev–Trinajstić information content (AvgIpc) is 2.43. The van der Waals surface area contributed by atoms with Crippen molar-refractivity contribution in [2.24, 2.45) is 5.92 Å². The number of rotatable bonds is 3. The predicted molar refractivity (Wildman–Crippen MR) is 68.7 cm³/mol. The van der Waals surface area contributed by atoms with E-state index in [0.717, 1.165) is 31.5 Å². The molecule has 0 amide bonds. The molecule has 4 nitrogen and oxygen atoms in total. The Morgan fingerprint density at radius 1 is 1.47 bits per heavy atom. The molecule has 0 radical (unpaired) electrons. The van der Waals surface area contributed by atoms with Gasteiger partial charge in [0.05, 0.1) is 7.11 Å². The van der Waals surface area contributed by atoms with Crippen molar-refractivity contribution in [3.05, 3.63) is 29.1 Å². The van der Waals surface area contributed by atoms with Crippen LogP contribution < -0.4 is 5.32 Å². The van der Waals surface area contributed by atoms with Crippen LogP contribution in [0.1, 0.15) is 28.8 Å². The highest BCUT2D eigenvalue weighted by atomic mass is 19.1. The van der Waals surface area contributed by atoms with E-state index in [1.54, 1.807) is 0 Å². The first-order chi connectivity index (χ1) is 9.11. The number of carbonyl (C=O) groups excluding carboxylic acids is 1. The lowest BCUT2D eigenvalue weighted by Crippen LogP contribution is -2.28. The third kappa shape index (κ3) is 3.23. The van der Waals surface area contributed by atoms with Gasteiger partial charge < -0.3 is 15.2 Å². The molecule has 0 saturated carbocycles. The van der Waals surface area contributed by atoms with E-state index in [9.17, 15) is 14.3 Å². The van der Waals surface area contributed by atoms with Gasteiger partial charge in [-0.25, -0.2) is 9.18 Å². The second-order valence-corrected chi connectivity index (χ2v) is 4.86. The molecule has 2 rings (SSSR count). The number of piperidine rings is 1. The van der Waals surface area contributed by atoms with Crippen LogP contribution in [0.25, 0.3) is 0 Å². The maximum Gasteiger partial charge on any atom is 0.341 e. The quantitative estimate of drug-likeness (QED) is 0.821. The SMILES string of the molecule is COC(=O)c1cc(CC2CCNCC2)cc(F)c1O. The second kappa shape index (κ2) is 6.02. The van der Waals surface area contributed by atoms with Crippen LogP contribution >= 0.6 is 0 Å². The molecule has 0 spiro atoms. The largest absolute Gasteiger partial charge is 0.504 e. The fourth-order valence-electron chi connectivity index (χ4n) is 2.46. The second-order valence-electron chi connectivity index (χ2n) is 4.86. The number of esters is 1. The summed E-state index contributed by atoms with van der Waals surface area (Å²) in [5.74, 6) is -1.65. The van der Waals surface area contributed by atoms with Crippen LogP contribution in [-0.2, 0) is 11.2 Å². The van der Waals surface area contributed by atoms with E-state index in [2.05, 4.69) is 10.1 Å². The summed E-state index contributed by atoms with van der Waals surface area (Å²) in [6.07, 6.45) is 2.79. The number of halogens is 1. The lowest BCUT2D eigenvalue weighted by molar-refractivity contribution is 0.0596. The van der Waals surface area contributed by atoms with Crippen LogP contribution in [-0.4, -0.2) is 31.3 Å². The number of phenols is 1. The van der Waals surface area contributed by atoms with Crippen LogP contribution in [0, 0.1) is 11.7 Å². The van der Waals surface area contributed by atoms with E-state index in [4.69, 9.17) is 0 Å². The fourth-order valence-corrected chi connectivity index (χ4v) is 2.46. The van der Waals surface area contributed by atoms with Crippen LogP contribution in [0.5, 0.6) is 5.75 Å². The number of benzene rings is 1. The molecule has 1 saturated heterocycles. The maximum atomic E-state index is 13.6. The molecule has 1 fully saturated rings. The minimum Gasteiger partial charge on any atom is -0.504 e. The number of ether oxygens (including phenoxy) is 1. The van der Waals surface area contributed by atoms with E-state index >= 15 is 0 Å². The van der Waals surface area contributed by atoms with Crippen molar-refractivity contribution in [1.82, 2.24) is 5.32 Å². The number of hydrogen-bond donors (Lipinski definition) is 2. The number of methoxy groups -OCH3 is 1. The van der Waals surface area contributed by atoms with E-state index < -0.39 is 17.5 Å². The number of hydrogen-bond acceptors (Lipinski definition) is 4. The summed E-state index contributed by atoms with van der Waals surface area (Å²) in [6, 6.07) is 2.82. The van der Waals surface area contributed by atoms with Crippen LogP contribution in [0.4, 0.5) is 4.39 Å². The van der Waals surface area contributed by atoms with Gasteiger partial charge in [0.1, 0.15) is 5.56 Å². The zero-order valence-corrected chi connectivity index (χ0v) is 10.9. The molecule has 1 aromatic rings. The Morgan fingerprint density at radius 3 is 2.79 bits per heavy atom. The van der Waals surface area contributed by atoms with E-state index in [-0.39, 0.29) is 5.56 Å². The smallest absolute Gasteiger partial charge is 0.341 e. The van der Waals surface area contributed by atoms with Gasteiger partial charge in [0.15, 0.2) is 11.6 Å². The molecule has 1 aromatic carbocycles. The Morgan fingerprint density at radius 2 is 2.16 bits per heavy atom. The standard InChI is InChI=1S/C14H18FNO3/c1-19-14(18)11-7-10(8-12(15)13(11)17)6-9-2-4-16-5-3-9/h7-9,16-17H,2-6H2,1H3. The van der Waals surface area contributed by atoms with E-state index in [1.165, 1.54) is 19.2 Å². The summed E-state index contributed by atoms with van der Waals surface area (Å²) in [4.78, 5) is 11.5. The van der Waals surface area contributed by atoms with Crippen molar-refractivity contribution in [2.45, 2.75) is 19.3 Å². The van der Waals surface area contributed by atoms with Gasteiger partial charge in [-0.2, -0.15) is 0 Å². The van der Waals surface area contributed by atoms with Gasteiger partial charge in [0.2, 0.25) is 0 Å². The summed E-state index contributed by atoms with van der Waals surface area (Å²) in [7, 11) is 1.21. The summed E-state index contributed by atoms with van der Waals surface area (Å²) in [6.45, 7) is 1.93. The minimum absolute atomic E-state index is 0.105. The third-order valence-electron chi connectivity index (χ3n) is 3.51. The molecule has 1 aliphatic heterocycles. The lowest BCUT2D eigenvalue weighted by atomic mass is 9.90. The van der Waals surface area contributed by atoms with Crippen molar-refractivity contribution in [2.75, 3.05) is 20.2 Å². The van der Waals surface area contributed by atoms with Crippen LogP contribution in [0.2, 0.25) is 0 Å². The molecule has 1 aliphatic rings. The first-order valence-corrected chi connectivity index (χ1v) is 6.42. The molecule has 19 heavy (non-hydrogen) atoms. The first kappa shape index (κ1) is 13.8. The molecule has 0 unspecified atom stereocenters. The summed E-state index contributed by atoms with van der Waals surface area (Å²) in [5, 5.41) is 12.8. The van der Waals surface area contributed by atoms with E-state index in [0.29, 0.717) is 12.3 Å². The molecular formula is C14H18FNO3. The molecular weight excluding hydrogens is 249 g/mol. The topological polar surface area (TPSA) is 58.6 Å². The minimum atomic E-state index is -0.771. The molecule has 5 heteroatoms. The first-order valence-electron chi connectivity index (χ1n) is 6.42. The Bertz CT molecular complexity index is 470. The Balaban J connectivity index is 2.20. The zero-order valence-electron chi connectivity index (χ0n) is 10.9. The zero-order chi connectivity index (χ0) is 13.8. The molecule has 0 aromatic heterocycles. The normalized spacial score (nSPS) is 16.3. The fraction of sp³-hybridized carbons (Fsp3) is 0.500. The predicted octanol–water partition coefficient (Wildman–Crippen LogP) is 1.86. The molecule has 0 atom stereocenters. The highest BCUT2D eigenvalue weighted by Gasteiger charge is 2.19. The van der Waals surface area contributed by atoms with Crippen molar-refractivity contribution >= 4 is 5.97 Å². The van der Waals surface area contributed by atoms with Gasteiger partial charge in [0.25, 0.3) is 0 Å². The van der Waals surface area contributed by atoms with Gasteiger partial charge in [-0.1, -0.05) is 0 Å². The Kier molecular flexibility index (Phi) is 4.37. The van der Waals surface area contributed by atoms with E-state index in [1.807, 2.05) is 0 Å². The number of phenolic OH excluding ortho intramolecular Hbond substituents is 1. The average molecular weight is 267 g/mol. The van der Waals surface area contributed by atoms with Crippen LogP contribution in [0.3, 0.4) is 0 Å². The summed E-state index contributed by atoms with van der Waals surface area (Å²) in [5.41, 5.74) is 0.619. The lowest BCUT2D eigenvalue weighted by Gasteiger charge is -2.22. The number of nitrogens with one attached hydrogen (secondary N) is 1. The molecule has 2 N–H and O–H groups in total. The third-order valence-corrected chi connectivity index (χ3v) is 3.51.